The van der Waals surface area contributed by atoms with Crippen molar-refractivity contribution in [3.63, 3.8) is 0 Å². The zero-order chi connectivity index (χ0) is 14.5. The highest BCUT2D eigenvalue weighted by atomic mass is 32.1. The molecule has 8 heteroatoms. The van der Waals surface area contributed by atoms with Crippen LogP contribution in [0.2, 0.25) is 0 Å². The molecule has 0 saturated carbocycles. The van der Waals surface area contributed by atoms with Crippen molar-refractivity contribution in [2.75, 3.05) is 29.7 Å². The van der Waals surface area contributed by atoms with Gasteiger partial charge >= 0.3 is 0 Å². The number of thiophene rings is 1. The van der Waals surface area contributed by atoms with E-state index in [1.807, 2.05) is 14.1 Å². The van der Waals surface area contributed by atoms with Gasteiger partial charge in [-0.2, -0.15) is 26.3 Å². The quantitative estimate of drug-likeness (QED) is 0.546. The molecule has 0 radical (unpaired) electrons. The molecule has 0 aliphatic heterocycles. The summed E-state index contributed by atoms with van der Waals surface area (Å²) in [5.41, 5.74) is 3.75. The lowest BCUT2D eigenvalue weighted by Gasteiger charge is -2.16. The van der Waals surface area contributed by atoms with Crippen molar-refractivity contribution in [1.29, 1.82) is 0 Å². The van der Waals surface area contributed by atoms with Gasteiger partial charge in [0.25, 0.3) is 0 Å². The standard InChI is InChI=1S/C12H19N7S/c1-8(6-9-4-5-20-7-9)14-10-15-11(18-13)17-12(16-10)19(2)3/h4-5,7-8H,6,13H2,1-3H3,(H2,14,15,16,17,18). The minimum Gasteiger partial charge on any atom is -0.351 e. The van der Waals surface area contributed by atoms with Crippen molar-refractivity contribution in [3.05, 3.63) is 22.4 Å². The number of nitrogens with one attached hydrogen (secondary N) is 2. The zero-order valence-electron chi connectivity index (χ0n) is 11.8. The summed E-state index contributed by atoms with van der Waals surface area (Å²) in [6.45, 7) is 2.09. The van der Waals surface area contributed by atoms with Gasteiger partial charge < -0.3 is 10.2 Å². The van der Waals surface area contributed by atoms with Crippen LogP contribution in [0.1, 0.15) is 12.5 Å². The summed E-state index contributed by atoms with van der Waals surface area (Å²) in [7, 11) is 3.74. The van der Waals surface area contributed by atoms with E-state index in [1.54, 1.807) is 16.2 Å². The molecule has 1 unspecified atom stereocenters. The van der Waals surface area contributed by atoms with Crippen LogP contribution in [0.25, 0.3) is 0 Å². The third-order valence-corrected chi connectivity index (χ3v) is 3.38. The lowest BCUT2D eigenvalue weighted by atomic mass is 10.1. The number of nitrogens with two attached hydrogens (primary N) is 1. The summed E-state index contributed by atoms with van der Waals surface area (Å²) in [4.78, 5) is 14.5. The molecule has 0 aliphatic rings. The molecule has 0 bridgehead atoms. The molecule has 7 nitrogen and oxygen atoms in total. The van der Waals surface area contributed by atoms with Crippen molar-refractivity contribution in [2.24, 2.45) is 5.84 Å². The molecule has 2 aromatic heterocycles. The van der Waals surface area contributed by atoms with Crippen molar-refractivity contribution in [2.45, 2.75) is 19.4 Å². The summed E-state index contributed by atoms with van der Waals surface area (Å²) in [5, 5.41) is 7.49. The average molecular weight is 293 g/mol. The fourth-order valence-electron chi connectivity index (χ4n) is 1.73. The molecule has 2 rings (SSSR count). The first kappa shape index (κ1) is 14.5. The Kier molecular flexibility index (Phi) is 4.70. The van der Waals surface area contributed by atoms with Crippen molar-refractivity contribution in [1.82, 2.24) is 15.0 Å². The molecular weight excluding hydrogens is 274 g/mol. The van der Waals surface area contributed by atoms with E-state index in [9.17, 15) is 0 Å². The minimum absolute atomic E-state index is 0.215. The fraction of sp³-hybridized carbons (Fsp3) is 0.417. The number of hydrogen-bond donors (Lipinski definition) is 3. The lowest BCUT2D eigenvalue weighted by Crippen LogP contribution is -2.23. The van der Waals surface area contributed by atoms with Crippen molar-refractivity contribution >= 4 is 29.2 Å². The van der Waals surface area contributed by atoms with Crippen LogP contribution in [0, 0.1) is 0 Å². The normalized spacial score (nSPS) is 12.0. The Balaban J connectivity index is 2.09. The summed E-state index contributed by atoms with van der Waals surface area (Å²) >= 11 is 1.70. The first-order chi connectivity index (χ1) is 9.58. The Morgan fingerprint density at radius 1 is 1.30 bits per heavy atom. The van der Waals surface area contributed by atoms with E-state index in [0.29, 0.717) is 17.8 Å². The van der Waals surface area contributed by atoms with Crippen LogP contribution in [-0.2, 0) is 6.42 Å². The Labute approximate surface area is 122 Å². The van der Waals surface area contributed by atoms with E-state index in [4.69, 9.17) is 5.84 Å². The maximum absolute atomic E-state index is 5.38. The number of hydrazine groups is 1. The van der Waals surface area contributed by atoms with E-state index in [1.165, 1.54) is 5.56 Å². The monoisotopic (exact) mass is 293 g/mol. The summed E-state index contributed by atoms with van der Waals surface area (Å²) in [6, 6.07) is 2.33. The second kappa shape index (κ2) is 6.49. The van der Waals surface area contributed by atoms with Crippen LogP contribution in [-0.4, -0.2) is 35.1 Å². The maximum Gasteiger partial charge on any atom is 0.243 e. The molecule has 2 aromatic rings. The van der Waals surface area contributed by atoms with Gasteiger partial charge in [0, 0.05) is 20.1 Å². The van der Waals surface area contributed by atoms with E-state index in [-0.39, 0.29) is 6.04 Å². The molecule has 108 valence electrons. The van der Waals surface area contributed by atoms with E-state index >= 15 is 0 Å². The number of hydrogen-bond acceptors (Lipinski definition) is 8. The van der Waals surface area contributed by atoms with Crippen molar-refractivity contribution < 1.29 is 0 Å². The van der Waals surface area contributed by atoms with Crippen molar-refractivity contribution in [3.8, 4) is 0 Å². The Bertz CT molecular complexity index is 541. The second-order valence-corrected chi connectivity index (χ2v) is 5.48. The molecule has 20 heavy (non-hydrogen) atoms. The number of nitrogen functional groups attached to an aromatic ring is 1. The van der Waals surface area contributed by atoms with Crippen LogP contribution >= 0.6 is 11.3 Å². The Morgan fingerprint density at radius 3 is 2.65 bits per heavy atom. The van der Waals surface area contributed by atoms with Gasteiger partial charge in [0.15, 0.2) is 0 Å². The molecule has 0 fully saturated rings. The van der Waals surface area contributed by atoms with Gasteiger partial charge in [-0.1, -0.05) is 0 Å². The van der Waals surface area contributed by atoms with Gasteiger partial charge in [-0.25, -0.2) is 5.84 Å². The van der Waals surface area contributed by atoms with Gasteiger partial charge in [0.2, 0.25) is 17.8 Å². The minimum atomic E-state index is 0.215. The summed E-state index contributed by atoms with van der Waals surface area (Å²) < 4.78 is 0. The van der Waals surface area contributed by atoms with Gasteiger partial charge in [-0.3, -0.25) is 5.43 Å². The van der Waals surface area contributed by atoms with Crippen LogP contribution < -0.4 is 21.5 Å². The average Bonchev–Trinajstić information content (AvgIpc) is 2.90. The molecule has 4 N–H and O–H groups in total. The largest absolute Gasteiger partial charge is 0.351 e. The molecule has 2 heterocycles. The number of anilines is 3. The maximum atomic E-state index is 5.38. The number of nitrogens with zero attached hydrogens (tertiary/aromatic N) is 4. The number of rotatable bonds is 6. The smallest absolute Gasteiger partial charge is 0.243 e. The summed E-state index contributed by atoms with van der Waals surface area (Å²) in [5.74, 6) is 6.79. The van der Waals surface area contributed by atoms with Crippen LogP contribution in [0.4, 0.5) is 17.8 Å². The van der Waals surface area contributed by atoms with Gasteiger partial charge in [0.05, 0.1) is 0 Å². The lowest BCUT2D eigenvalue weighted by molar-refractivity contribution is 0.775. The topological polar surface area (TPSA) is 92.0 Å². The molecule has 0 amide bonds. The van der Waals surface area contributed by atoms with E-state index in [2.05, 4.69) is 49.4 Å². The zero-order valence-corrected chi connectivity index (χ0v) is 12.6. The molecule has 0 spiro atoms. The third kappa shape index (κ3) is 3.78. The van der Waals surface area contributed by atoms with Gasteiger partial charge in [-0.15, -0.1) is 0 Å². The highest BCUT2D eigenvalue weighted by Crippen LogP contribution is 2.14. The number of aromatic nitrogens is 3. The Morgan fingerprint density at radius 2 is 2.05 bits per heavy atom. The molecule has 0 saturated heterocycles. The van der Waals surface area contributed by atoms with E-state index in [0.717, 1.165) is 6.42 Å². The summed E-state index contributed by atoms with van der Waals surface area (Å²) in [6.07, 6.45) is 0.915. The highest BCUT2D eigenvalue weighted by molar-refractivity contribution is 7.07. The van der Waals surface area contributed by atoms with Gasteiger partial charge in [0.1, 0.15) is 0 Å². The molecule has 0 aromatic carbocycles. The third-order valence-electron chi connectivity index (χ3n) is 2.65. The first-order valence-corrected chi connectivity index (χ1v) is 7.20. The highest BCUT2D eigenvalue weighted by Gasteiger charge is 2.10. The molecular formula is C12H19N7S. The first-order valence-electron chi connectivity index (χ1n) is 6.26. The van der Waals surface area contributed by atoms with Crippen LogP contribution in [0.3, 0.4) is 0 Å². The Hall–Kier alpha value is -1.93. The second-order valence-electron chi connectivity index (χ2n) is 4.70. The molecule has 0 aliphatic carbocycles. The van der Waals surface area contributed by atoms with Crippen LogP contribution in [0.15, 0.2) is 16.8 Å². The van der Waals surface area contributed by atoms with Crippen LogP contribution in [0.5, 0.6) is 0 Å². The van der Waals surface area contributed by atoms with E-state index < -0.39 is 0 Å². The molecule has 1 atom stereocenters. The van der Waals surface area contributed by atoms with Gasteiger partial charge in [-0.05, 0) is 35.7 Å². The SMILES string of the molecule is CC(Cc1ccsc1)Nc1nc(NN)nc(N(C)C)n1. The fourth-order valence-corrected chi connectivity index (χ4v) is 2.41. The predicted octanol–water partition coefficient (Wildman–Crippen LogP) is 1.33. The predicted molar refractivity (Wildman–Crippen MR) is 83.1 cm³/mol.